The van der Waals surface area contributed by atoms with Crippen LogP contribution >= 0.6 is 0 Å². The Morgan fingerprint density at radius 1 is 1.08 bits per heavy atom. The molecule has 3 rings (SSSR count). The molecule has 0 aliphatic carbocycles. The lowest BCUT2D eigenvalue weighted by molar-refractivity contribution is -0.114. The minimum absolute atomic E-state index is 0.0611. The first-order valence-corrected chi connectivity index (χ1v) is 11.9. The van der Waals surface area contributed by atoms with Crippen molar-refractivity contribution in [2.24, 2.45) is 0 Å². The predicted molar refractivity (Wildman–Crippen MR) is 138 cm³/mol. The maximum atomic E-state index is 14.4. The molecule has 0 radical (unpaired) electrons. The van der Waals surface area contributed by atoms with E-state index >= 15 is 0 Å². The normalized spacial score (nSPS) is 11.4. The van der Waals surface area contributed by atoms with Crippen molar-refractivity contribution in [3.05, 3.63) is 101 Å². The van der Waals surface area contributed by atoms with Crippen molar-refractivity contribution in [1.29, 1.82) is 0 Å². The van der Waals surface area contributed by atoms with Crippen LogP contribution in [0.4, 0.5) is 4.39 Å². The lowest BCUT2D eigenvalue weighted by atomic mass is 10.1. The molecular weight excluding hydrogens is 475 g/mol. The minimum Gasteiger partial charge on any atom is -0.494 e. The number of hydrogen-bond donors (Lipinski definition) is 1. The van der Waals surface area contributed by atoms with Crippen LogP contribution < -0.4 is 10.1 Å². The number of nitrogens with zero attached hydrogens (tertiary/aromatic N) is 3. The molecule has 0 aliphatic rings. The van der Waals surface area contributed by atoms with Gasteiger partial charge in [-0.1, -0.05) is 42.5 Å². The Balaban J connectivity index is 1.63. The third-order valence-electron chi connectivity index (χ3n) is 5.54. The van der Waals surface area contributed by atoms with E-state index in [0.29, 0.717) is 30.6 Å². The molecule has 194 valence electrons. The second-order valence-electron chi connectivity index (χ2n) is 8.24. The Labute approximate surface area is 215 Å². The van der Waals surface area contributed by atoms with Gasteiger partial charge in [0, 0.05) is 32.0 Å². The molecule has 0 atom stereocenters. The molecule has 3 aromatic rings. The highest BCUT2D eigenvalue weighted by molar-refractivity contribution is 5.95. The van der Waals surface area contributed by atoms with Gasteiger partial charge in [-0.2, -0.15) is 5.10 Å². The van der Waals surface area contributed by atoms with Crippen LogP contribution in [0.3, 0.4) is 0 Å². The van der Waals surface area contributed by atoms with Gasteiger partial charge in [0.15, 0.2) is 17.3 Å². The van der Waals surface area contributed by atoms with Crippen LogP contribution in [0, 0.1) is 5.82 Å². The lowest BCUT2D eigenvalue weighted by Crippen LogP contribution is -2.24. The highest BCUT2D eigenvalue weighted by atomic mass is 19.1. The molecule has 0 unspecified atom stereocenters. The number of aryl methyl sites for hydroxylation is 1. The van der Waals surface area contributed by atoms with Gasteiger partial charge in [-0.25, -0.2) is 4.39 Å². The molecule has 9 heteroatoms. The van der Waals surface area contributed by atoms with E-state index in [0.717, 1.165) is 11.1 Å². The summed E-state index contributed by atoms with van der Waals surface area (Å²) in [5.41, 5.74) is 2.94. The number of methoxy groups -OCH3 is 2. The Hall–Kier alpha value is -4.11. The second kappa shape index (κ2) is 13.8. The van der Waals surface area contributed by atoms with E-state index < -0.39 is 11.7 Å². The maximum absolute atomic E-state index is 14.4. The number of carbonyl (C=O) groups excluding carboxylic acids is 2. The standard InChI is InChI=1S/C28H31FN4O4/c1-4-5-6-7-22(34)13-12-20-8-10-21(11-9-20)17-33-18-23(25(32-33)19-36-2)28(35)31-16-24-27(29)26(37-3)14-15-30-24/h4-11,14-15,18H,12-13,16-17,19H2,1-3H3,(H,31,35)/b5-4-,7-6-. The van der Waals surface area contributed by atoms with Gasteiger partial charge < -0.3 is 14.8 Å². The number of halogens is 1. The molecule has 0 saturated heterocycles. The van der Waals surface area contributed by atoms with Crippen LogP contribution in [0.1, 0.15) is 46.2 Å². The van der Waals surface area contributed by atoms with Gasteiger partial charge in [-0.05, 0) is 30.5 Å². The zero-order chi connectivity index (χ0) is 26.6. The van der Waals surface area contributed by atoms with Crippen LogP contribution in [-0.2, 0) is 35.6 Å². The molecule has 2 aromatic heterocycles. The number of aromatic nitrogens is 3. The SMILES string of the molecule is C/C=C\C=C/C(=O)CCc1ccc(Cn2cc(C(=O)NCc3nccc(OC)c3F)c(COC)n2)cc1. The van der Waals surface area contributed by atoms with E-state index in [2.05, 4.69) is 15.4 Å². The number of pyridine rings is 1. The van der Waals surface area contributed by atoms with E-state index in [4.69, 9.17) is 9.47 Å². The number of ether oxygens (including phenoxy) is 2. The predicted octanol–water partition coefficient (Wildman–Crippen LogP) is 4.18. The first-order chi connectivity index (χ1) is 17.9. The Bertz CT molecular complexity index is 1270. The topological polar surface area (TPSA) is 95.3 Å². The van der Waals surface area contributed by atoms with Gasteiger partial charge >= 0.3 is 0 Å². The molecule has 0 spiro atoms. The number of allylic oxidation sites excluding steroid dienone is 4. The quantitative estimate of drug-likeness (QED) is 0.276. The Morgan fingerprint density at radius 2 is 1.84 bits per heavy atom. The zero-order valence-corrected chi connectivity index (χ0v) is 21.2. The first-order valence-electron chi connectivity index (χ1n) is 11.9. The molecule has 8 nitrogen and oxygen atoms in total. The van der Waals surface area contributed by atoms with E-state index in [1.165, 1.54) is 26.5 Å². The van der Waals surface area contributed by atoms with Crippen LogP contribution in [0.25, 0.3) is 0 Å². The molecular formula is C28H31FN4O4. The van der Waals surface area contributed by atoms with E-state index in [9.17, 15) is 14.0 Å². The molecule has 0 bridgehead atoms. The summed E-state index contributed by atoms with van der Waals surface area (Å²) in [6.45, 7) is 2.39. The number of hydrogen-bond acceptors (Lipinski definition) is 6. The van der Waals surface area contributed by atoms with Crippen LogP contribution in [-0.4, -0.2) is 40.7 Å². The summed E-state index contributed by atoms with van der Waals surface area (Å²) >= 11 is 0. The molecule has 0 saturated carbocycles. The molecule has 37 heavy (non-hydrogen) atoms. The molecule has 0 fully saturated rings. The van der Waals surface area contributed by atoms with Crippen molar-refractivity contribution in [2.45, 2.75) is 39.5 Å². The highest BCUT2D eigenvalue weighted by Gasteiger charge is 2.18. The average Bonchev–Trinajstić information content (AvgIpc) is 3.30. The summed E-state index contributed by atoms with van der Waals surface area (Å²) in [5, 5.41) is 7.19. The van der Waals surface area contributed by atoms with Crippen molar-refractivity contribution >= 4 is 11.7 Å². The fourth-order valence-electron chi connectivity index (χ4n) is 3.61. The maximum Gasteiger partial charge on any atom is 0.255 e. The van der Waals surface area contributed by atoms with Gasteiger partial charge in [0.1, 0.15) is 5.69 Å². The van der Waals surface area contributed by atoms with Crippen LogP contribution in [0.5, 0.6) is 5.75 Å². The number of amides is 1. The average molecular weight is 507 g/mol. The molecule has 0 aliphatic heterocycles. The van der Waals surface area contributed by atoms with Gasteiger partial charge in [0.2, 0.25) is 0 Å². The van der Waals surface area contributed by atoms with Crippen LogP contribution in [0.15, 0.2) is 67.0 Å². The molecule has 1 amide bonds. The number of carbonyl (C=O) groups is 2. The zero-order valence-electron chi connectivity index (χ0n) is 21.2. The fourth-order valence-corrected chi connectivity index (χ4v) is 3.61. The van der Waals surface area contributed by atoms with Crippen molar-refractivity contribution in [1.82, 2.24) is 20.1 Å². The lowest BCUT2D eigenvalue weighted by Gasteiger charge is -2.08. The minimum atomic E-state index is -0.615. The second-order valence-corrected chi connectivity index (χ2v) is 8.24. The number of ketones is 1. The van der Waals surface area contributed by atoms with Gasteiger partial charge in [0.25, 0.3) is 5.91 Å². The summed E-state index contributed by atoms with van der Waals surface area (Å²) in [4.78, 5) is 28.8. The summed E-state index contributed by atoms with van der Waals surface area (Å²) in [6.07, 6.45) is 11.2. The largest absolute Gasteiger partial charge is 0.494 e. The van der Waals surface area contributed by atoms with E-state index in [-0.39, 0.29) is 30.4 Å². The van der Waals surface area contributed by atoms with Crippen LogP contribution in [0.2, 0.25) is 0 Å². The van der Waals surface area contributed by atoms with Gasteiger partial charge in [-0.3, -0.25) is 19.3 Å². The monoisotopic (exact) mass is 506 g/mol. The summed E-state index contributed by atoms with van der Waals surface area (Å²) < 4.78 is 26.2. The first kappa shape index (κ1) is 27.5. The number of rotatable bonds is 13. The summed E-state index contributed by atoms with van der Waals surface area (Å²) in [7, 11) is 2.89. The Kier molecular flexibility index (Phi) is 10.3. The van der Waals surface area contributed by atoms with Crippen molar-refractivity contribution in [3.8, 4) is 5.75 Å². The van der Waals surface area contributed by atoms with Crippen molar-refractivity contribution in [3.63, 3.8) is 0 Å². The fraction of sp³-hybridized carbons (Fsp3) is 0.286. The Morgan fingerprint density at radius 3 is 2.54 bits per heavy atom. The summed E-state index contributed by atoms with van der Waals surface area (Å²) in [6, 6.07) is 9.34. The third-order valence-corrected chi connectivity index (χ3v) is 5.54. The van der Waals surface area contributed by atoms with Crippen molar-refractivity contribution in [2.75, 3.05) is 14.2 Å². The molecule has 1 aromatic carbocycles. The highest BCUT2D eigenvalue weighted by Crippen LogP contribution is 2.18. The smallest absolute Gasteiger partial charge is 0.255 e. The number of benzene rings is 1. The van der Waals surface area contributed by atoms with Gasteiger partial charge in [0.05, 0.1) is 38.1 Å². The van der Waals surface area contributed by atoms with E-state index in [1.807, 2.05) is 43.3 Å². The number of nitrogens with one attached hydrogen (secondary N) is 1. The van der Waals surface area contributed by atoms with Crippen molar-refractivity contribution < 1.29 is 23.5 Å². The molecule has 1 N–H and O–H groups in total. The third kappa shape index (κ3) is 7.94. The van der Waals surface area contributed by atoms with Gasteiger partial charge in [-0.15, -0.1) is 0 Å². The summed E-state index contributed by atoms with van der Waals surface area (Å²) in [5.74, 6) is -0.882. The molecule has 2 heterocycles. The van der Waals surface area contributed by atoms with E-state index in [1.54, 1.807) is 23.0 Å².